The lowest BCUT2D eigenvalue weighted by Gasteiger charge is -2.17. The molecular formula is C15H30N2O2. The van der Waals surface area contributed by atoms with Crippen molar-refractivity contribution in [2.24, 2.45) is 11.8 Å². The highest BCUT2D eigenvalue weighted by molar-refractivity contribution is 5.85. The zero-order valence-electron chi connectivity index (χ0n) is 13.2. The minimum Gasteiger partial charge on any atom is -0.308 e. The van der Waals surface area contributed by atoms with Gasteiger partial charge in [0.2, 0.25) is 0 Å². The second-order valence-electron chi connectivity index (χ2n) is 5.82. The summed E-state index contributed by atoms with van der Waals surface area (Å²) in [5, 5.41) is 6.43. The lowest BCUT2D eigenvalue weighted by molar-refractivity contribution is -0.124. The molecule has 0 bridgehead atoms. The van der Waals surface area contributed by atoms with Gasteiger partial charge in [0.1, 0.15) is 0 Å². The van der Waals surface area contributed by atoms with E-state index in [0.29, 0.717) is 0 Å². The summed E-state index contributed by atoms with van der Waals surface area (Å²) >= 11 is 0. The Balaban J connectivity index is 3.71. The Morgan fingerprint density at radius 1 is 0.737 bits per heavy atom. The Morgan fingerprint density at radius 3 is 1.32 bits per heavy atom. The summed E-state index contributed by atoms with van der Waals surface area (Å²) < 4.78 is 0. The van der Waals surface area contributed by atoms with Gasteiger partial charge in [0.25, 0.3) is 0 Å². The zero-order valence-corrected chi connectivity index (χ0v) is 13.2. The van der Waals surface area contributed by atoms with E-state index >= 15 is 0 Å². The predicted octanol–water partition coefficient (Wildman–Crippen LogP) is 1.78. The van der Waals surface area contributed by atoms with E-state index < -0.39 is 0 Å². The van der Waals surface area contributed by atoms with Crippen LogP contribution in [0.15, 0.2) is 0 Å². The van der Waals surface area contributed by atoms with E-state index in [1.54, 1.807) is 0 Å². The van der Waals surface area contributed by atoms with E-state index in [-0.39, 0.29) is 35.5 Å². The van der Waals surface area contributed by atoms with Crippen LogP contribution in [0.4, 0.5) is 0 Å². The van der Waals surface area contributed by atoms with Gasteiger partial charge in [0.15, 0.2) is 11.6 Å². The molecule has 0 saturated carbocycles. The smallest absolute Gasteiger partial charge is 0.151 e. The molecule has 0 fully saturated rings. The largest absolute Gasteiger partial charge is 0.308 e. The fourth-order valence-electron chi connectivity index (χ4n) is 1.93. The quantitative estimate of drug-likeness (QED) is 0.594. The molecule has 2 atom stereocenters. The maximum atomic E-state index is 11.7. The number of carbonyl (C=O) groups excluding carboxylic acids is 2. The molecule has 0 amide bonds. The fourth-order valence-corrected chi connectivity index (χ4v) is 1.93. The first-order chi connectivity index (χ1) is 8.77. The van der Waals surface area contributed by atoms with Crippen molar-refractivity contribution >= 4 is 11.6 Å². The van der Waals surface area contributed by atoms with Crippen LogP contribution in [-0.2, 0) is 9.59 Å². The Kier molecular flexibility index (Phi) is 8.85. The molecule has 0 aromatic rings. The van der Waals surface area contributed by atoms with Crippen LogP contribution in [0.5, 0.6) is 0 Å². The molecule has 0 spiro atoms. The first-order valence-electron chi connectivity index (χ1n) is 7.31. The number of rotatable bonds is 10. The van der Waals surface area contributed by atoms with Crippen molar-refractivity contribution in [2.45, 2.75) is 60.0 Å². The van der Waals surface area contributed by atoms with Crippen LogP contribution in [-0.4, -0.2) is 36.7 Å². The van der Waals surface area contributed by atoms with Gasteiger partial charge in [-0.1, -0.05) is 27.7 Å². The van der Waals surface area contributed by atoms with Crippen molar-refractivity contribution < 1.29 is 9.59 Å². The van der Waals surface area contributed by atoms with Gasteiger partial charge in [-0.25, -0.2) is 0 Å². The summed E-state index contributed by atoms with van der Waals surface area (Å²) in [6.45, 7) is 13.1. The average Bonchev–Trinajstić information content (AvgIpc) is 2.35. The number of Topliss-reactive ketones (excluding diaryl/α,β-unsaturated/α-hetero) is 2. The summed E-state index contributed by atoms with van der Waals surface area (Å²) in [6.07, 6.45) is 0.908. The molecule has 0 heterocycles. The number of nitrogens with one attached hydrogen (secondary N) is 2. The molecule has 0 radical (unpaired) electrons. The van der Waals surface area contributed by atoms with Crippen LogP contribution in [0.3, 0.4) is 0 Å². The maximum Gasteiger partial charge on any atom is 0.151 e. The van der Waals surface area contributed by atoms with Crippen LogP contribution >= 0.6 is 0 Å². The van der Waals surface area contributed by atoms with Crippen molar-refractivity contribution in [2.75, 3.05) is 13.1 Å². The molecule has 0 saturated heterocycles. The topological polar surface area (TPSA) is 58.2 Å². The van der Waals surface area contributed by atoms with Crippen LogP contribution in [0.25, 0.3) is 0 Å². The third kappa shape index (κ3) is 7.43. The number of ketones is 2. The molecule has 0 aromatic carbocycles. The Hall–Kier alpha value is -0.740. The monoisotopic (exact) mass is 270 g/mol. The van der Waals surface area contributed by atoms with Gasteiger partial charge in [-0.15, -0.1) is 0 Å². The average molecular weight is 270 g/mol. The fraction of sp³-hybridized carbons (Fsp3) is 0.867. The number of carbonyl (C=O) groups is 2. The highest BCUT2D eigenvalue weighted by Crippen LogP contribution is 2.00. The van der Waals surface area contributed by atoms with Crippen molar-refractivity contribution in [3.8, 4) is 0 Å². The Labute approximate surface area is 117 Å². The Bertz CT molecular complexity index is 260. The van der Waals surface area contributed by atoms with Gasteiger partial charge in [-0.05, 0) is 33.4 Å². The normalized spacial score (nSPS) is 14.7. The third-order valence-electron chi connectivity index (χ3n) is 3.25. The molecule has 112 valence electrons. The van der Waals surface area contributed by atoms with Crippen molar-refractivity contribution in [1.29, 1.82) is 0 Å². The SMILES string of the molecule is CC(C)C(=O)C(C)NCCCNC(C)C(=O)C(C)C. The van der Waals surface area contributed by atoms with Gasteiger partial charge in [0, 0.05) is 11.8 Å². The lowest BCUT2D eigenvalue weighted by atomic mass is 10.0. The highest BCUT2D eigenvalue weighted by atomic mass is 16.1. The summed E-state index contributed by atoms with van der Waals surface area (Å²) in [4.78, 5) is 23.3. The molecular weight excluding hydrogens is 240 g/mol. The van der Waals surface area contributed by atoms with Gasteiger partial charge in [-0.2, -0.15) is 0 Å². The van der Waals surface area contributed by atoms with Crippen LogP contribution in [0.2, 0.25) is 0 Å². The molecule has 0 aromatic heterocycles. The highest BCUT2D eigenvalue weighted by Gasteiger charge is 2.16. The Morgan fingerprint density at radius 2 is 1.05 bits per heavy atom. The lowest BCUT2D eigenvalue weighted by Crippen LogP contribution is -2.40. The molecule has 4 heteroatoms. The molecule has 2 N–H and O–H groups in total. The van der Waals surface area contributed by atoms with E-state index in [1.807, 2.05) is 41.5 Å². The molecule has 0 aliphatic heterocycles. The minimum atomic E-state index is -0.0882. The van der Waals surface area contributed by atoms with E-state index in [9.17, 15) is 9.59 Å². The van der Waals surface area contributed by atoms with Gasteiger partial charge < -0.3 is 10.6 Å². The molecule has 0 rings (SSSR count). The van der Waals surface area contributed by atoms with Gasteiger partial charge in [0.05, 0.1) is 12.1 Å². The molecule has 19 heavy (non-hydrogen) atoms. The second-order valence-corrected chi connectivity index (χ2v) is 5.82. The molecule has 4 nitrogen and oxygen atoms in total. The van der Waals surface area contributed by atoms with Crippen molar-refractivity contribution in [1.82, 2.24) is 10.6 Å². The van der Waals surface area contributed by atoms with E-state index in [2.05, 4.69) is 10.6 Å². The van der Waals surface area contributed by atoms with Crippen molar-refractivity contribution in [3.05, 3.63) is 0 Å². The molecule has 2 unspecified atom stereocenters. The second kappa shape index (κ2) is 9.21. The van der Waals surface area contributed by atoms with Gasteiger partial charge in [-0.3, -0.25) is 9.59 Å². The first-order valence-corrected chi connectivity index (χ1v) is 7.31. The molecule has 0 aliphatic carbocycles. The van der Waals surface area contributed by atoms with E-state index in [0.717, 1.165) is 19.5 Å². The summed E-state index contributed by atoms with van der Waals surface area (Å²) in [5.41, 5.74) is 0. The van der Waals surface area contributed by atoms with Crippen LogP contribution in [0, 0.1) is 11.8 Å². The summed E-state index contributed by atoms with van der Waals surface area (Å²) in [5.74, 6) is 0.640. The van der Waals surface area contributed by atoms with Crippen LogP contribution < -0.4 is 10.6 Å². The zero-order chi connectivity index (χ0) is 15.0. The minimum absolute atomic E-state index is 0.0734. The van der Waals surface area contributed by atoms with E-state index in [1.165, 1.54) is 0 Å². The van der Waals surface area contributed by atoms with Crippen LogP contribution in [0.1, 0.15) is 48.0 Å². The predicted molar refractivity (Wildman–Crippen MR) is 79.2 cm³/mol. The number of hydrogen-bond donors (Lipinski definition) is 2. The maximum absolute atomic E-state index is 11.7. The standard InChI is InChI=1S/C15H30N2O2/c1-10(2)14(18)12(5)16-8-7-9-17-13(6)15(19)11(3)4/h10-13,16-17H,7-9H2,1-6H3. The van der Waals surface area contributed by atoms with Gasteiger partial charge >= 0.3 is 0 Å². The third-order valence-corrected chi connectivity index (χ3v) is 3.25. The number of hydrogen-bond acceptors (Lipinski definition) is 4. The first kappa shape index (κ1) is 18.3. The molecule has 0 aliphatic rings. The summed E-state index contributed by atoms with van der Waals surface area (Å²) in [7, 11) is 0. The van der Waals surface area contributed by atoms with Crippen molar-refractivity contribution in [3.63, 3.8) is 0 Å². The summed E-state index contributed by atoms with van der Waals surface area (Å²) in [6, 6.07) is -0.176. The van der Waals surface area contributed by atoms with E-state index in [4.69, 9.17) is 0 Å².